The number of fused-ring (bicyclic) bond motifs is 2. The van der Waals surface area contributed by atoms with Crippen molar-refractivity contribution in [3.05, 3.63) is 46.8 Å². The second-order valence-corrected chi connectivity index (χ2v) is 24.6. The third-order valence-electron chi connectivity index (χ3n) is 9.59. The first-order chi connectivity index (χ1) is 19.7. The lowest BCUT2D eigenvalue weighted by Gasteiger charge is -2.38. The minimum Gasteiger partial charge on any atom is -0.231 e. The Bertz CT molecular complexity index is 1520. The molecular formula is C36H46N4Si2. The lowest BCUT2D eigenvalue weighted by atomic mass is 9.97. The Morgan fingerprint density at radius 1 is 0.524 bits per heavy atom. The predicted octanol–water partition coefficient (Wildman–Crippen LogP) is 9.67. The van der Waals surface area contributed by atoms with Crippen LogP contribution in [-0.2, 0) is 0 Å². The average Bonchev–Trinajstić information content (AvgIpc) is 2.92. The zero-order chi connectivity index (χ0) is 31.6. The van der Waals surface area contributed by atoms with Gasteiger partial charge in [-0.1, -0.05) is 119 Å². The number of rotatable bonds is 6. The number of aromatic nitrogens is 2. The molecule has 0 fully saturated rings. The van der Waals surface area contributed by atoms with Crippen LogP contribution in [0.25, 0.3) is 21.8 Å². The molecule has 0 amide bonds. The van der Waals surface area contributed by atoms with Gasteiger partial charge < -0.3 is 0 Å². The fraction of sp³-hybridized carbons (Fsp3) is 0.500. The number of nitriles is 2. The minimum absolute atomic E-state index is 0.0255. The summed E-state index contributed by atoms with van der Waals surface area (Å²) in [5, 5.41) is 21.7. The van der Waals surface area contributed by atoms with Crippen LogP contribution >= 0.6 is 0 Å². The van der Waals surface area contributed by atoms with Crippen molar-refractivity contribution in [3.8, 4) is 35.1 Å². The molecule has 218 valence electrons. The van der Waals surface area contributed by atoms with Crippen molar-refractivity contribution in [1.82, 2.24) is 9.97 Å². The molecule has 0 saturated carbocycles. The van der Waals surface area contributed by atoms with Gasteiger partial charge in [0, 0.05) is 10.8 Å². The third kappa shape index (κ3) is 5.52. The Morgan fingerprint density at radius 2 is 0.810 bits per heavy atom. The van der Waals surface area contributed by atoms with E-state index in [9.17, 15) is 10.5 Å². The Kier molecular flexibility index (Phi) is 10.1. The van der Waals surface area contributed by atoms with Crippen LogP contribution in [-0.4, -0.2) is 26.1 Å². The molecule has 0 atom stereocenters. The van der Waals surface area contributed by atoms with E-state index in [2.05, 4.69) is 130 Å². The summed E-state index contributed by atoms with van der Waals surface area (Å²) in [4.78, 5) is 9.54. The zero-order valence-corrected chi connectivity index (χ0v) is 29.6. The van der Waals surface area contributed by atoms with Gasteiger partial charge in [-0.05, 0) is 33.2 Å². The molecule has 6 heteroatoms. The topological polar surface area (TPSA) is 73.4 Å². The second-order valence-electron chi connectivity index (χ2n) is 13.4. The zero-order valence-electron chi connectivity index (χ0n) is 27.6. The smallest absolute Gasteiger partial charge is 0.177 e. The summed E-state index contributed by atoms with van der Waals surface area (Å²) in [6, 6.07) is 12.4. The van der Waals surface area contributed by atoms with Gasteiger partial charge in [0.2, 0.25) is 0 Å². The summed E-state index contributed by atoms with van der Waals surface area (Å²) in [5.74, 6) is 7.27. The number of hydrogen-bond acceptors (Lipinski definition) is 4. The standard InChI is InChI=1S/C36H46N4Si2/c1-23(2)41(24(3)4,25(5)6)19-17-31-29-15-13-14-16-30(29)32(18-20-42(26(7)8,27(9)10)28(11)12)36-35(31)39-33(21-37)34(22-38)40-36/h13-16,23-28H,1-12H3. The van der Waals surface area contributed by atoms with E-state index in [0.29, 0.717) is 44.3 Å². The van der Waals surface area contributed by atoms with E-state index in [0.717, 1.165) is 21.9 Å². The number of nitrogens with zero attached hydrogens (tertiary/aromatic N) is 4. The fourth-order valence-corrected chi connectivity index (χ4v) is 18.0. The first-order valence-corrected chi connectivity index (χ1v) is 19.8. The summed E-state index contributed by atoms with van der Waals surface area (Å²) in [5.41, 5.74) is 13.3. The van der Waals surface area contributed by atoms with Crippen LogP contribution in [0.2, 0.25) is 33.2 Å². The maximum absolute atomic E-state index is 9.90. The molecular weight excluding hydrogens is 545 g/mol. The van der Waals surface area contributed by atoms with E-state index in [1.165, 1.54) is 0 Å². The average molecular weight is 591 g/mol. The predicted molar refractivity (Wildman–Crippen MR) is 182 cm³/mol. The minimum atomic E-state index is -2.07. The van der Waals surface area contributed by atoms with Gasteiger partial charge in [-0.25, -0.2) is 9.97 Å². The Labute approximate surface area is 256 Å². The molecule has 0 aliphatic carbocycles. The normalized spacial score (nSPS) is 12.2. The van der Waals surface area contributed by atoms with E-state index >= 15 is 0 Å². The molecule has 1 heterocycles. The van der Waals surface area contributed by atoms with Crippen LogP contribution < -0.4 is 0 Å². The Morgan fingerprint density at radius 3 is 1.05 bits per heavy atom. The molecule has 1 aromatic heterocycles. The first-order valence-electron chi connectivity index (χ1n) is 15.3. The van der Waals surface area contributed by atoms with E-state index < -0.39 is 16.1 Å². The maximum Gasteiger partial charge on any atom is 0.177 e. The summed E-state index contributed by atoms with van der Waals surface area (Å²) in [7, 11) is -4.13. The summed E-state index contributed by atoms with van der Waals surface area (Å²) >= 11 is 0. The van der Waals surface area contributed by atoms with Crippen molar-refractivity contribution < 1.29 is 0 Å². The molecule has 0 aliphatic heterocycles. The summed E-state index contributed by atoms with van der Waals surface area (Å²) in [6.45, 7) is 27.6. The van der Waals surface area contributed by atoms with Gasteiger partial charge >= 0.3 is 0 Å². The highest BCUT2D eigenvalue weighted by molar-refractivity contribution is 6.91. The van der Waals surface area contributed by atoms with Crippen LogP contribution in [0.4, 0.5) is 0 Å². The summed E-state index contributed by atoms with van der Waals surface area (Å²) < 4.78 is 0. The largest absolute Gasteiger partial charge is 0.231 e. The highest BCUT2D eigenvalue weighted by atomic mass is 28.3. The van der Waals surface area contributed by atoms with Crippen molar-refractivity contribution in [2.75, 3.05) is 0 Å². The number of benzene rings is 2. The highest BCUT2D eigenvalue weighted by Crippen LogP contribution is 2.42. The molecule has 3 rings (SSSR count). The molecule has 4 nitrogen and oxygen atoms in total. The van der Waals surface area contributed by atoms with Gasteiger partial charge in [-0.2, -0.15) is 10.5 Å². The molecule has 0 saturated heterocycles. The van der Waals surface area contributed by atoms with Crippen molar-refractivity contribution in [1.29, 1.82) is 10.5 Å². The van der Waals surface area contributed by atoms with Gasteiger partial charge in [0.1, 0.15) is 39.3 Å². The summed E-state index contributed by atoms with van der Waals surface area (Å²) in [6.07, 6.45) is 0. The maximum atomic E-state index is 9.90. The van der Waals surface area contributed by atoms with Crippen molar-refractivity contribution >= 4 is 38.0 Å². The quantitative estimate of drug-likeness (QED) is 0.163. The second kappa shape index (κ2) is 12.8. The molecule has 3 aromatic rings. The lowest BCUT2D eigenvalue weighted by molar-refractivity contribution is 0.838. The molecule has 0 aliphatic rings. The van der Waals surface area contributed by atoms with Gasteiger partial charge in [0.05, 0.1) is 11.1 Å². The Balaban J connectivity index is 2.62. The molecule has 0 N–H and O–H groups in total. The van der Waals surface area contributed by atoms with E-state index in [4.69, 9.17) is 9.97 Å². The van der Waals surface area contributed by atoms with Crippen molar-refractivity contribution in [2.24, 2.45) is 0 Å². The molecule has 0 spiro atoms. The molecule has 2 aromatic carbocycles. The van der Waals surface area contributed by atoms with Gasteiger partial charge in [0.15, 0.2) is 11.4 Å². The van der Waals surface area contributed by atoms with E-state index in [-0.39, 0.29) is 11.4 Å². The fourth-order valence-electron chi connectivity index (χ4n) is 7.57. The highest BCUT2D eigenvalue weighted by Gasteiger charge is 2.43. The molecule has 0 radical (unpaired) electrons. The van der Waals surface area contributed by atoms with Crippen LogP contribution in [0.3, 0.4) is 0 Å². The van der Waals surface area contributed by atoms with Crippen LogP contribution in [0.5, 0.6) is 0 Å². The monoisotopic (exact) mass is 590 g/mol. The van der Waals surface area contributed by atoms with Gasteiger partial charge in [-0.15, -0.1) is 11.1 Å². The van der Waals surface area contributed by atoms with Crippen molar-refractivity contribution in [3.63, 3.8) is 0 Å². The van der Waals surface area contributed by atoms with Crippen molar-refractivity contribution in [2.45, 2.75) is 116 Å². The SMILES string of the molecule is CC(C)[Si](C#Cc1c2ccccc2c(C#C[Si](C(C)C)(C(C)C)C(C)C)c2nc(C#N)c(C#N)nc12)(C(C)C)C(C)C. The Hall–Kier alpha value is -3.43. The lowest BCUT2D eigenvalue weighted by Crippen LogP contribution is -2.43. The van der Waals surface area contributed by atoms with E-state index in [1.807, 2.05) is 12.1 Å². The third-order valence-corrected chi connectivity index (χ3v) is 22.2. The van der Waals surface area contributed by atoms with Crippen LogP contribution in [0, 0.1) is 45.6 Å². The number of hydrogen-bond donors (Lipinski definition) is 0. The van der Waals surface area contributed by atoms with Gasteiger partial charge in [0.25, 0.3) is 0 Å². The van der Waals surface area contributed by atoms with Gasteiger partial charge in [-0.3, -0.25) is 0 Å². The van der Waals surface area contributed by atoms with Crippen LogP contribution in [0.1, 0.15) is 106 Å². The molecule has 0 unspecified atom stereocenters. The first kappa shape index (κ1) is 33.1. The molecule has 0 bridgehead atoms. The van der Waals surface area contributed by atoms with E-state index in [1.54, 1.807) is 0 Å². The van der Waals surface area contributed by atoms with Crippen LogP contribution in [0.15, 0.2) is 24.3 Å². The molecule has 42 heavy (non-hydrogen) atoms.